The van der Waals surface area contributed by atoms with E-state index in [1.54, 1.807) is 18.9 Å². The standard InChI is InChI=1S/C40H66FN5O8/c1-14-24(6)35(45(11)40(52)33(22(2)3)43-39(51)34(23(4)5)44(9)10)31(53-12)20-32(48)46-21-29(47)19-30(46)37(54-13)25(7)38(50)42-26(8)36(49)27-15-17-28(41)18-16-27/h15-18,22-26,29-31,33-35,37,47H,14,19-21H2,1-13H3,(H,42,50)(H,43,51)/t24-,25+,26-,29-,30-,31+,33-,34?,35?,37+/m0/s1. The summed E-state index contributed by atoms with van der Waals surface area (Å²) < 4.78 is 25.1. The van der Waals surface area contributed by atoms with E-state index >= 15 is 0 Å². The van der Waals surface area contributed by atoms with Gasteiger partial charge in [-0.05, 0) is 69.5 Å². The summed E-state index contributed by atoms with van der Waals surface area (Å²) >= 11 is 0. The number of methoxy groups -OCH3 is 2. The van der Waals surface area contributed by atoms with Crippen LogP contribution in [0.25, 0.3) is 0 Å². The quantitative estimate of drug-likeness (QED) is 0.170. The molecule has 4 amide bonds. The number of carbonyl (C=O) groups excluding carboxylic acids is 5. The number of nitrogens with zero attached hydrogens (tertiary/aromatic N) is 3. The summed E-state index contributed by atoms with van der Waals surface area (Å²) in [4.78, 5) is 73.1. The van der Waals surface area contributed by atoms with Crippen LogP contribution in [0.4, 0.5) is 4.39 Å². The molecule has 1 aromatic rings. The predicted molar refractivity (Wildman–Crippen MR) is 205 cm³/mol. The number of halogens is 1. The molecule has 2 rings (SSSR count). The number of aliphatic hydroxyl groups excluding tert-OH is 1. The Hall–Kier alpha value is -3.46. The minimum absolute atomic E-state index is 0.0146. The molecule has 0 aromatic heterocycles. The van der Waals surface area contributed by atoms with Crippen molar-refractivity contribution in [3.63, 3.8) is 0 Å². The maximum absolute atomic E-state index is 14.2. The zero-order valence-corrected chi connectivity index (χ0v) is 34.6. The molecule has 13 nitrogen and oxygen atoms in total. The number of nitrogens with one attached hydrogen (secondary N) is 2. The second-order valence-electron chi connectivity index (χ2n) is 15.8. The Morgan fingerprint density at radius 2 is 1.50 bits per heavy atom. The van der Waals surface area contributed by atoms with Crippen LogP contribution in [0.5, 0.6) is 0 Å². The zero-order valence-electron chi connectivity index (χ0n) is 34.6. The lowest BCUT2D eigenvalue weighted by Gasteiger charge is -2.41. The zero-order chi connectivity index (χ0) is 41.2. The summed E-state index contributed by atoms with van der Waals surface area (Å²) in [6.45, 7) is 14.8. The number of hydrogen-bond donors (Lipinski definition) is 3. The number of likely N-dealkylation sites (N-methyl/N-ethyl adjacent to an activating group) is 2. The molecule has 0 bridgehead atoms. The van der Waals surface area contributed by atoms with E-state index in [0.717, 1.165) is 0 Å². The number of hydrogen-bond acceptors (Lipinski definition) is 9. The minimum Gasteiger partial charge on any atom is -0.391 e. The Labute approximate surface area is 321 Å². The lowest BCUT2D eigenvalue weighted by molar-refractivity contribution is -0.148. The Morgan fingerprint density at radius 1 is 0.907 bits per heavy atom. The van der Waals surface area contributed by atoms with Gasteiger partial charge in [-0.3, -0.25) is 28.9 Å². The molecule has 1 saturated heterocycles. The fourth-order valence-corrected chi connectivity index (χ4v) is 7.68. The number of ether oxygens (including phenoxy) is 2. The number of β-amino-alcohol motifs (C(OH)–C–C–N with tert-alkyl or cyclic N) is 1. The van der Waals surface area contributed by atoms with Crippen molar-refractivity contribution in [1.82, 2.24) is 25.3 Å². The first-order chi connectivity index (χ1) is 25.2. The summed E-state index contributed by atoms with van der Waals surface area (Å²) in [5.74, 6) is -3.36. The van der Waals surface area contributed by atoms with E-state index in [1.165, 1.54) is 50.3 Å². The molecular weight excluding hydrogens is 697 g/mol. The highest BCUT2D eigenvalue weighted by atomic mass is 19.1. The molecule has 3 N–H and O–H groups in total. The number of rotatable bonds is 20. The van der Waals surface area contributed by atoms with Gasteiger partial charge in [-0.15, -0.1) is 0 Å². The largest absolute Gasteiger partial charge is 0.391 e. The fraction of sp³-hybridized carbons (Fsp3) is 0.725. The Bertz CT molecular complexity index is 1400. The predicted octanol–water partition coefficient (Wildman–Crippen LogP) is 3.13. The van der Waals surface area contributed by atoms with Gasteiger partial charge in [0.25, 0.3) is 0 Å². The Balaban J connectivity index is 2.30. The molecule has 2 unspecified atom stereocenters. The number of likely N-dealkylation sites (tertiary alicyclic amines) is 1. The van der Waals surface area contributed by atoms with Gasteiger partial charge < -0.3 is 35.0 Å². The van der Waals surface area contributed by atoms with Crippen molar-refractivity contribution in [3.05, 3.63) is 35.6 Å². The first kappa shape index (κ1) is 46.7. The topological polar surface area (TPSA) is 158 Å². The number of carbonyl (C=O) groups is 5. The van der Waals surface area contributed by atoms with Crippen LogP contribution >= 0.6 is 0 Å². The number of ketones is 1. The van der Waals surface area contributed by atoms with Gasteiger partial charge in [0, 0.05) is 33.4 Å². The Morgan fingerprint density at radius 3 is 1.98 bits per heavy atom. The van der Waals surface area contributed by atoms with Gasteiger partial charge in [0.1, 0.15) is 11.9 Å². The van der Waals surface area contributed by atoms with Crippen molar-refractivity contribution in [2.75, 3.05) is 41.9 Å². The summed E-state index contributed by atoms with van der Waals surface area (Å²) in [5, 5.41) is 16.5. The van der Waals surface area contributed by atoms with E-state index < -0.39 is 71.9 Å². The van der Waals surface area contributed by atoms with Gasteiger partial charge in [0.2, 0.25) is 23.6 Å². The molecule has 1 fully saturated rings. The van der Waals surface area contributed by atoms with Crippen LogP contribution in [0.15, 0.2) is 24.3 Å². The molecule has 10 atom stereocenters. The maximum atomic E-state index is 14.2. The van der Waals surface area contributed by atoms with Crippen molar-refractivity contribution in [2.45, 2.75) is 123 Å². The molecule has 54 heavy (non-hydrogen) atoms. The molecule has 1 heterocycles. The van der Waals surface area contributed by atoms with Gasteiger partial charge in [0.15, 0.2) is 5.78 Å². The molecule has 0 saturated carbocycles. The third-order valence-corrected chi connectivity index (χ3v) is 10.8. The molecule has 14 heteroatoms. The maximum Gasteiger partial charge on any atom is 0.245 e. The first-order valence-corrected chi connectivity index (χ1v) is 19.1. The number of Topliss-reactive ketones (excluding diaryl/α,β-unsaturated/α-hetero) is 1. The van der Waals surface area contributed by atoms with Crippen molar-refractivity contribution in [1.29, 1.82) is 0 Å². The van der Waals surface area contributed by atoms with E-state index in [2.05, 4.69) is 10.6 Å². The van der Waals surface area contributed by atoms with Crippen molar-refractivity contribution >= 4 is 29.4 Å². The molecule has 1 aliphatic rings. The van der Waals surface area contributed by atoms with E-state index in [0.29, 0.717) is 6.42 Å². The highest BCUT2D eigenvalue weighted by Crippen LogP contribution is 2.30. The van der Waals surface area contributed by atoms with Gasteiger partial charge in [0.05, 0.1) is 54.8 Å². The molecule has 1 aromatic carbocycles. The molecule has 0 aliphatic carbocycles. The van der Waals surface area contributed by atoms with Crippen LogP contribution < -0.4 is 10.6 Å². The van der Waals surface area contributed by atoms with Gasteiger partial charge in [-0.25, -0.2) is 4.39 Å². The second-order valence-corrected chi connectivity index (χ2v) is 15.8. The van der Waals surface area contributed by atoms with E-state index in [-0.39, 0.29) is 60.4 Å². The monoisotopic (exact) mass is 763 g/mol. The van der Waals surface area contributed by atoms with Gasteiger partial charge in [-0.2, -0.15) is 0 Å². The minimum atomic E-state index is -0.914. The summed E-state index contributed by atoms with van der Waals surface area (Å²) in [7, 11) is 8.26. The third kappa shape index (κ3) is 11.8. The summed E-state index contributed by atoms with van der Waals surface area (Å²) in [6.07, 6.45) is -1.72. The van der Waals surface area contributed by atoms with Crippen LogP contribution in [0.3, 0.4) is 0 Å². The molecule has 0 radical (unpaired) electrons. The van der Waals surface area contributed by atoms with Crippen LogP contribution in [0.1, 0.15) is 85.0 Å². The normalized spacial score (nSPS) is 20.5. The highest BCUT2D eigenvalue weighted by Gasteiger charge is 2.45. The van der Waals surface area contributed by atoms with Crippen LogP contribution in [-0.2, 0) is 28.7 Å². The summed E-state index contributed by atoms with van der Waals surface area (Å²) in [6, 6.07) is 1.68. The lowest BCUT2D eigenvalue weighted by atomic mass is 9.89. The molecule has 0 spiro atoms. The van der Waals surface area contributed by atoms with Crippen LogP contribution in [0.2, 0.25) is 0 Å². The van der Waals surface area contributed by atoms with Crippen molar-refractivity contribution in [2.24, 2.45) is 23.7 Å². The van der Waals surface area contributed by atoms with Crippen LogP contribution in [0, 0.1) is 29.5 Å². The third-order valence-electron chi connectivity index (χ3n) is 10.8. The van der Waals surface area contributed by atoms with Crippen LogP contribution in [-0.4, -0.2) is 140 Å². The van der Waals surface area contributed by atoms with Gasteiger partial charge >= 0.3 is 0 Å². The van der Waals surface area contributed by atoms with E-state index in [9.17, 15) is 33.5 Å². The van der Waals surface area contributed by atoms with E-state index in [1.807, 2.05) is 60.5 Å². The fourth-order valence-electron chi connectivity index (χ4n) is 7.68. The lowest BCUT2D eigenvalue weighted by Crippen LogP contribution is -2.59. The number of amides is 4. The Kier molecular flexibility index (Phi) is 18.2. The average molecular weight is 764 g/mol. The van der Waals surface area contributed by atoms with Crippen molar-refractivity contribution in [3.8, 4) is 0 Å². The summed E-state index contributed by atoms with van der Waals surface area (Å²) in [5.41, 5.74) is 0.250. The van der Waals surface area contributed by atoms with Crippen molar-refractivity contribution < 1.29 is 42.9 Å². The molecule has 306 valence electrons. The van der Waals surface area contributed by atoms with E-state index in [4.69, 9.17) is 9.47 Å². The van der Waals surface area contributed by atoms with Gasteiger partial charge in [-0.1, -0.05) is 54.9 Å². The molecular formula is C40H66FN5O8. The highest BCUT2D eigenvalue weighted by molar-refractivity contribution is 6.01. The second kappa shape index (κ2) is 21.0. The number of aliphatic hydroxyl groups is 1. The molecule has 1 aliphatic heterocycles. The number of benzene rings is 1. The average Bonchev–Trinajstić information content (AvgIpc) is 3.50. The first-order valence-electron chi connectivity index (χ1n) is 19.1. The smallest absolute Gasteiger partial charge is 0.245 e. The SMILES string of the molecule is CC[C@H](C)C([C@@H](CC(=O)N1C[C@@H](O)C[C@H]1[C@H](OC)[C@@H](C)C(=O)N[C@@H](C)C(=O)c1ccc(F)cc1)OC)N(C)C(=O)[C@@H](NC(=O)C(C(C)C)N(C)C)C(C)C.